The second-order valence-corrected chi connectivity index (χ2v) is 5.61. The van der Waals surface area contributed by atoms with Crippen molar-refractivity contribution < 1.29 is 14.3 Å². The Hall–Kier alpha value is -0.650. The third kappa shape index (κ3) is 4.44. The zero-order valence-electron chi connectivity index (χ0n) is 12.0. The van der Waals surface area contributed by atoms with Gasteiger partial charge in [0.2, 0.25) is 5.91 Å². The summed E-state index contributed by atoms with van der Waals surface area (Å²) < 4.78 is 11.1. The van der Waals surface area contributed by atoms with E-state index in [0.29, 0.717) is 6.54 Å². The molecule has 19 heavy (non-hydrogen) atoms. The number of rotatable bonds is 6. The summed E-state index contributed by atoms with van der Waals surface area (Å²) in [6.45, 7) is 6.27. The average Bonchev–Trinajstić information content (AvgIpc) is 3.08. The van der Waals surface area contributed by atoms with Gasteiger partial charge in [-0.1, -0.05) is 0 Å². The predicted molar refractivity (Wildman–Crippen MR) is 73.0 cm³/mol. The van der Waals surface area contributed by atoms with E-state index in [1.807, 2.05) is 6.92 Å². The van der Waals surface area contributed by atoms with Crippen molar-refractivity contribution in [1.82, 2.24) is 10.6 Å². The van der Waals surface area contributed by atoms with Crippen LogP contribution in [0.3, 0.4) is 0 Å². The van der Waals surface area contributed by atoms with Crippen LogP contribution in [-0.2, 0) is 14.3 Å². The van der Waals surface area contributed by atoms with Crippen LogP contribution in [-0.4, -0.2) is 50.0 Å². The molecule has 5 heteroatoms. The lowest BCUT2D eigenvalue weighted by Gasteiger charge is -2.24. The maximum atomic E-state index is 12.0. The number of hydrogen-bond acceptors (Lipinski definition) is 4. The largest absolute Gasteiger partial charge is 0.377 e. The van der Waals surface area contributed by atoms with Gasteiger partial charge < -0.3 is 20.1 Å². The molecule has 4 atom stereocenters. The third-order valence-electron chi connectivity index (χ3n) is 3.96. The minimum absolute atomic E-state index is 0.0420. The summed E-state index contributed by atoms with van der Waals surface area (Å²) in [6, 6.07) is 0.0200. The van der Waals surface area contributed by atoms with Crippen LogP contribution in [0.2, 0.25) is 0 Å². The highest BCUT2D eigenvalue weighted by Crippen LogP contribution is 2.15. The standard InChI is InChI=1S/C14H26N2O3/c1-10(13-6-4-8-19-13)16-11(2)14(17)15-9-12-5-3-7-18-12/h10-13,16H,3-9H2,1-2H3,(H,15,17)/t10-,11+,12-,13+/m1/s1. The first-order valence-corrected chi connectivity index (χ1v) is 7.44. The molecule has 2 aliphatic rings. The first-order valence-electron chi connectivity index (χ1n) is 7.44. The van der Waals surface area contributed by atoms with Gasteiger partial charge in [-0.25, -0.2) is 0 Å². The number of ether oxygens (including phenoxy) is 2. The van der Waals surface area contributed by atoms with Gasteiger partial charge in [-0.05, 0) is 39.5 Å². The second kappa shape index (κ2) is 7.22. The molecule has 0 aromatic rings. The van der Waals surface area contributed by atoms with Crippen LogP contribution in [0.15, 0.2) is 0 Å². The fourth-order valence-corrected chi connectivity index (χ4v) is 2.75. The molecular formula is C14H26N2O3. The van der Waals surface area contributed by atoms with E-state index in [1.54, 1.807) is 0 Å². The fourth-order valence-electron chi connectivity index (χ4n) is 2.75. The molecule has 1 amide bonds. The minimum Gasteiger partial charge on any atom is -0.377 e. The van der Waals surface area contributed by atoms with Crippen molar-refractivity contribution in [2.75, 3.05) is 19.8 Å². The normalized spacial score (nSPS) is 30.2. The fraction of sp³-hybridized carbons (Fsp3) is 0.929. The molecule has 0 aliphatic carbocycles. The summed E-state index contributed by atoms with van der Waals surface area (Å²) >= 11 is 0. The molecule has 2 heterocycles. The van der Waals surface area contributed by atoms with E-state index in [-0.39, 0.29) is 30.2 Å². The molecule has 2 N–H and O–H groups in total. The monoisotopic (exact) mass is 270 g/mol. The summed E-state index contributed by atoms with van der Waals surface area (Å²) in [7, 11) is 0. The van der Waals surface area contributed by atoms with Crippen LogP contribution in [0.5, 0.6) is 0 Å². The zero-order valence-corrected chi connectivity index (χ0v) is 12.0. The van der Waals surface area contributed by atoms with Gasteiger partial charge in [-0.2, -0.15) is 0 Å². The third-order valence-corrected chi connectivity index (χ3v) is 3.96. The number of carbonyl (C=O) groups excluding carboxylic acids is 1. The van der Waals surface area contributed by atoms with Gasteiger partial charge in [0.15, 0.2) is 0 Å². The Labute approximate surface area is 115 Å². The average molecular weight is 270 g/mol. The van der Waals surface area contributed by atoms with E-state index >= 15 is 0 Å². The molecule has 0 radical (unpaired) electrons. The van der Waals surface area contributed by atoms with Gasteiger partial charge in [-0.3, -0.25) is 4.79 Å². The lowest BCUT2D eigenvalue weighted by Crippen LogP contribution is -2.50. The van der Waals surface area contributed by atoms with E-state index in [9.17, 15) is 4.79 Å². The molecule has 2 fully saturated rings. The van der Waals surface area contributed by atoms with Crippen molar-refractivity contribution >= 4 is 5.91 Å². The van der Waals surface area contributed by atoms with Crippen molar-refractivity contribution in [3.8, 4) is 0 Å². The lowest BCUT2D eigenvalue weighted by molar-refractivity contribution is -0.123. The molecule has 0 aromatic heterocycles. The molecular weight excluding hydrogens is 244 g/mol. The van der Waals surface area contributed by atoms with Crippen molar-refractivity contribution in [3.63, 3.8) is 0 Å². The quantitative estimate of drug-likeness (QED) is 0.750. The highest BCUT2D eigenvalue weighted by molar-refractivity contribution is 5.81. The Kier molecular flexibility index (Phi) is 5.60. The van der Waals surface area contributed by atoms with E-state index in [1.165, 1.54) is 0 Å². The van der Waals surface area contributed by atoms with Gasteiger partial charge in [0.05, 0.1) is 18.2 Å². The maximum absolute atomic E-state index is 12.0. The molecule has 0 spiro atoms. The van der Waals surface area contributed by atoms with Crippen LogP contribution in [0, 0.1) is 0 Å². The van der Waals surface area contributed by atoms with Gasteiger partial charge >= 0.3 is 0 Å². The van der Waals surface area contributed by atoms with Gasteiger partial charge in [0, 0.05) is 25.8 Å². The van der Waals surface area contributed by atoms with Crippen LogP contribution in [0.4, 0.5) is 0 Å². The maximum Gasteiger partial charge on any atom is 0.236 e. The van der Waals surface area contributed by atoms with Crippen LogP contribution in [0.1, 0.15) is 39.5 Å². The van der Waals surface area contributed by atoms with E-state index in [2.05, 4.69) is 17.6 Å². The number of carbonyl (C=O) groups is 1. The Morgan fingerprint density at radius 1 is 1.21 bits per heavy atom. The second-order valence-electron chi connectivity index (χ2n) is 5.61. The van der Waals surface area contributed by atoms with E-state index < -0.39 is 0 Å². The molecule has 0 saturated carbocycles. The smallest absolute Gasteiger partial charge is 0.236 e. The summed E-state index contributed by atoms with van der Waals surface area (Å²) in [5.74, 6) is 0.0420. The summed E-state index contributed by atoms with van der Waals surface area (Å²) in [5, 5.41) is 6.27. The Balaban J connectivity index is 1.66. The summed E-state index contributed by atoms with van der Waals surface area (Å²) in [5.41, 5.74) is 0. The lowest BCUT2D eigenvalue weighted by atomic mass is 10.1. The van der Waals surface area contributed by atoms with Crippen molar-refractivity contribution in [1.29, 1.82) is 0 Å². The topological polar surface area (TPSA) is 59.6 Å². The van der Waals surface area contributed by atoms with Crippen LogP contribution < -0.4 is 10.6 Å². The number of nitrogens with one attached hydrogen (secondary N) is 2. The number of amides is 1. The van der Waals surface area contributed by atoms with E-state index in [4.69, 9.17) is 9.47 Å². The molecule has 2 aliphatic heterocycles. The van der Waals surface area contributed by atoms with Crippen molar-refractivity contribution in [2.24, 2.45) is 0 Å². The molecule has 5 nitrogen and oxygen atoms in total. The minimum atomic E-state index is -0.194. The zero-order chi connectivity index (χ0) is 13.7. The van der Waals surface area contributed by atoms with Crippen LogP contribution in [0.25, 0.3) is 0 Å². The van der Waals surface area contributed by atoms with Gasteiger partial charge in [-0.15, -0.1) is 0 Å². The van der Waals surface area contributed by atoms with Crippen molar-refractivity contribution in [3.05, 3.63) is 0 Å². The first-order chi connectivity index (χ1) is 9.16. The highest BCUT2D eigenvalue weighted by Gasteiger charge is 2.25. The summed E-state index contributed by atoms with van der Waals surface area (Å²) in [6.07, 6.45) is 4.80. The Morgan fingerprint density at radius 3 is 2.58 bits per heavy atom. The predicted octanol–water partition coefficient (Wildman–Crippen LogP) is 0.827. The van der Waals surface area contributed by atoms with E-state index in [0.717, 1.165) is 38.9 Å². The Bertz CT molecular complexity index is 286. The van der Waals surface area contributed by atoms with Crippen LogP contribution >= 0.6 is 0 Å². The van der Waals surface area contributed by atoms with Gasteiger partial charge in [0.25, 0.3) is 0 Å². The SMILES string of the molecule is C[C@H](N[C@H](C)[C@@H]1CCCO1)C(=O)NC[C@H]1CCCO1. The molecule has 0 unspecified atom stereocenters. The Morgan fingerprint density at radius 2 is 1.95 bits per heavy atom. The molecule has 0 aromatic carbocycles. The summed E-state index contributed by atoms with van der Waals surface area (Å²) in [4.78, 5) is 12.0. The molecule has 2 rings (SSSR count). The first kappa shape index (κ1) is 14.8. The highest BCUT2D eigenvalue weighted by atomic mass is 16.5. The molecule has 110 valence electrons. The molecule has 2 saturated heterocycles. The van der Waals surface area contributed by atoms with Crippen molar-refractivity contribution in [2.45, 2.75) is 63.8 Å². The van der Waals surface area contributed by atoms with Gasteiger partial charge in [0.1, 0.15) is 0 Å². The number of hydrogen-bond donors (Lipinski definition) is 2. The molecule has 0 bridgehead atoms.